The van der Waals surface area contributed by atoms with Gasteiger partial charge in [-0.1, -0.05) is 31.8 Å². The molecule has 2 rings (SSSR count). The third-order valence-electron chi connectivity index (χ3n) is 3.94. The fraction of sp³-hybridized carbons (Fsp3) is 0.846. The highest BCUT2D eigenvalue weighted by atomic mass is 16.5. The molecule has 1 aromatic heterocycles. The van der Waals surface area contributed by atoms with Gasteiger partial charge in [-0.2, -0.15) is 4.98 Å². The van der Waals surface area contributed by atoms with E-state index in [1.54, 1.807) is 0 Å². The molecule has 0 radical (unpaired) electrons. The highest BCUT2D eigenvalue weighted by molar-refractivity contribution is 5.01. The van der Waals surface area contributed by atoms with Gasteiger partial charge < -0.3 is 10.3 Å². The van der Waals surface area contributed by atoms with Gasteiger partial charge in [0, 0.05) is 12.0 Å². The van der Waals surface area contributed by atoms with E-state index in [-0.39, 0.29) is 12.0 Å². The largest absolute Gasteiger partial charge is 0.339 e. The highest BCUT2D eigenvalue weighted by Crippen LogP contribution is 2.34. The molecule has 0 amide bonds. The second-order valence-electron chi connectivity index (χ2n) is 5.61. The van der Waals surface area contributed by atoms with Gasteiger partial charge in [-0.25, -0.2) is 0 Å². The van der Waals surface area contributed by atoms with Crippen molar-refractivity contribution in [3.63, 3.8) is 0 Å². The van der Waals surface area contributed by atoms with Crippen LogP contribution in [0.25, 0.3) is 0 Å². The summed E-state index contributed by atoms with van der Waals surface area (Å²) in [6, 6.07) is 0.0496. The Morgan fingerprint density at radius 1 is 1.35 bits per heavy atom. The van der Waals surface area contributed by atoms with Crippen molar-refractivity contribution >= 4 is 0 Å². The van der Waals surface area contributed by atoms with E-state index in [9.17, 15) is 0 Å². The van der Waals surface area contributed by atoms with E-state index in [4.69, 9.17) is 10.3 Å². The lowest BCUT2D eigenvalue weighted by Gasteiger charge is -2.23. The molecular weight excluding hydrogens is 214 g/mol. The summed E-state index contributed by atoms with van der Waals surface area (Å²) in [6.07, 6.45) is 4.98. The Morgan fingerprint density at radius 3 is 2.76 bits per heavy atom. The maximum Gasteiger partial charge on any atom is 0.231 e. The van der Waals surface area contributed by atoms with Crippen molar-refractivity contribution in [1.82, 2.24) is 10.1 Å². The molecule has 17 heavy (non-hydrogen) atoms. The average molecular weight is 237 g/mol. The van der Waals surface area contributed by atoms with Crippen LogP contribution in [0.1, 0.15) is 70.0 Å². The van der Waals surface area contributed by atoms with Crippen LogP contribution < -0.4 is 5.73 Å². The molecule has 1 aromatic rings. The van der Waals surface area contributed by atoms with Crippen molar-refractivity contribution in [1.29, 1.82) is 0 Å². The molecule has 96 valence electrons. The topological polar surface area (TPSA) is 64.9 Å². The van der Waals surface area contributed by atoms with Crippen molar-refractivity contribution in [2.24, 2.45) is 11.7 Å². The van der Waals surface area contributed by atoms with Gasteiger partial charge in [0.15, 0.2) is 5.82 Å². The molecule has 1 aliphatic rings. The summed E-state index contributed by atoms with van der Waals surface area (Å²) in [4.78, 5) is 4.53. The molecule has 1 heterocycles. The van der Waals surface area contributed by atoms with Crippen LogP contribution in [0.2, 0.25) is 0 Å². The SMILES string of the molecule is CC1CCCC(c2noc(C(C)C(C)N)n2)C1. The van der Waals surface area contributed by atoms with Crippen LogP contribution in [-0.2, 0) is 0 Å². The lowest BCUT2D eigenvalue weighted by molar-refractivity contribution is 0.314. The molecule has 0 saturated heterocycles. The number of rotatable bonds is 3. The highest BCUT2D eigenvalue weighted by Gasteiger charge is 2.26. The van der Waals surface area contributed by atoms with Crippen molar-refractivity contribution in [3.8, 4) is 0 Å². The molecule has 0 spiro atoms. The van der Waals surface area contributed by atoms with Gasteiger partial charge in [0.2, 0.25) is 5.89 Å². The summed E-state index contributed by atoms with van der Waals surface area (Å²) in [6.45, 7) is 6.31. The molecule has 4 heteroatoms. The lowest BCUT2D eigenvalue weighted by atomic mass is 9.82. The minimum Gasteiger partial charge on any atom is -0.339 e. The van der Waals surface area contributed by atoms with E-state index >= 15 is 0 Å². The van der Waals surface area contributed by atoms with Crippen LogP contribution in [0.15, 0.2) is 4.52 Å². The Hall–Kier alpha value is -0.900. The third kappa shape index (κ3) is 2.86. The van der Waals surface area contributed by atoms with Gasteiger partial charge in [0.05, 0.1) is 5.92 Å². The maximum atomic E-state index is 5.85. The summed E-state index contributed by atoms with van der Waals surface area (Å²) in [7, 11) is 0. The predicted octanol–water partition coefficient (Wildman–Crippen LogP) is 2.81. The molecule has 4 atom stereocenters. The minimum absolute atomic E-state index is 0.0496. The smallest absolute Gasteiger partial charge is 0.231 e. The van der Waals surface area contributed by atoms with E-state index in [0.717, 1.165) is 11.7 Å². The number of nitrogens with two attached hydrogens (primary N) is 1. The van der Waals surface area contributed by atoms with Gasteiger partial charge in [-0.3, -0.25) is 0 Å². The van der Waals surface area contributed by atoms with Crippen LogP contribution in [0.4, 0.5) is 0 Å². The molecule has 4 nitrogen and oxygen atoms in total. The van der Waals surface area contributed by atoms with Crippen LogP contribution >= 0.6 is 0 Å². The average Bonchev–Trinajstić information content (AvgIpc) is 2.77. The first kappa shape index (κ1) is 12.6. The monoisotopic (exact) mass is 237 g/mol. The van der Waals surface area contributed by atoms with Crippen LogP contribution in [-0.4, -0.2) is 16.2 Å². The Bertz CT molecular complexity index is 361. The maximum absolute atomic E-state index is 5.85. The Morgan fingerprint density at radius 2 is 2.12 bits per heavy atom. The normalized spacial score (nSPS) is 28.9. The second-order valence-corrected chi connectivity index (χ2v) is 5.61. The molecule has 0 aliphatic heterocycles. The van der Waals surface area contributed by atoms with E-state index in [2.05, 4.69) is 17.1 Å². The fourth-order valence-corrected chi connectivity index (χ4v) is 2.49. The van der Waals surface area contributed by atoms with E-state index in [1.807, 2.05) is 13.8 Å². The fourth-order valence-electron chi connectivity index (χ4n) is 2.49. The first-order valence-electron chi connectivity index (χ1n) is 6.67. The standard InChI is InChI=1S/C13H23N3O/c1-8-5-4-6-11(7-8)12-15-13(17-16-12)9(2)10(3)14/h8-11H,4-7,14H2,1-3H3. The number of hydrogen-bond acceptors (Lipinski definition) is 4. The van der Waals surface area contributed by atoms with Gasteiger partial charge in [0.25, 0.3) is 0 Å². The Kier molecular flexibility index (Phi) is 3.82. The third-order valence-corrected chi connectivity index (χ3v) is 3.94. The molecule has 0 aromatic carbocycles. The molecule has 4 unspecified atom stereocenters. The zero-order valence-electron chi connectivity index (χ0n) is 11.0. The molecule has 1 aliphatic carbocycles. The molecule has 0 bridgehead atoms. The van der Waals surface area contributed by atoms with Crippen molar-refractivity contribution in [2.75, 3.05) is 0 Å². The van der Waals surface area contributed by atoms with Crippen molar-refractivity contribution in [3.05, 3.63) is 11.7 Å². The number of nitrogens with zero attached hydrogens (tertiary/aromatic N) is 2. The Labute approximate surface area is 103 Å². The second kappa shape index (κ2) is 5.17. The van der Waals surface area contributed by atoms with E-state index in [1.165, 1.54) is 25.7 Å². The predicted molar refractivity (Wildman–Crippen MR) is 66.7 cm³/mol. The van der Waals surface area contributed by atoms with Crippen LogP contribution in [0.3, 0.4) is 0 Å². The summed E-state index contributed by atoms with van der Waals surface area (Å²) >= 11 is 0. The first-order chi connectivity index (χ1) is 8.08. The molecular formula is C13H23N3O. The minimum atomic E-state index is 0.0496. The van der Waals surface area contributed by atoms with E-state index < -0.39 is 0 Å². The van der Waals surface area contributed by atoms with Gasteiger partial charge in [-0.05, 0) is 25.7 Å². The van der Waals surface area contributed by atoms with Crippen molar-refractivity contribution in [2.45, 2.75) is 64.3 Å². The first-order valence-corrected chi connectivity index (χ1v) is 6.67. The van der Waals surface area contributed by atoms with Crippen LogP contribution in [0, 0.1) is 5.92 Å². The zero-order valence-corrected chi connectivity index (χ0v) is 11.0. The zero-order chi connectivity index (χ0) is 12.4. The summed E-state index contributed by atoms with van der Waals surface area (Å²) in [5.74, 6) is 2.97. The molecule has 2 N–H and O–H groups in total. The number of hydrogen-bond donors (Lipinski definition) is 1. The van der Waals surface area contributed by atoms with Gasteiger partial charge in [0.1, 0.15) is 0 Å². The lowest BCUT2D eigenvalue weighted by Crippen LogP contribution is -2.22. The summed E-state index contributed by atoms with van der Waals surface area (Å²) in [5.41, 5.74) is 5.85. The number of aromatic nitrogens is 2. The molecule has 1 fully saturated rings. The summed E-state index contributed by atoms with van der Waals surface area (Å²) < 4.78 is 5.34. The van der Waals surface area contributed by atoms with E-state index in [0.29, 0.717) is 11.8 Å². The van der Waals surface area contributed by atoms with Gasteiger partial charge in [-0.15, -0.1) is 0 Å². The Balaban J connectivity index is 2.07. The summed E-state index contributed by atoms with van der Waals surface area (Å²) in [5, 5.41) is 4.14. The van der Waals surface area contributed by atoms with Gasteiger partial charge >= 0.3 is 0 Å². The molecule has 1 saturated carbocycles. The quantitative estimate of drug-likeness (QED) is 0.878. The van der Waals surface area contributed by atoms with Crippen LogP contribution in [0.5, 0.6) is 0 Å². The van der Waals surface area contributed by atoms with Crippen molar-refractivity contribution < 1.29 is 4.52 Å².